The van der Waals surface area contributed by atoms with E-state index in [1.807, 2.05) is 0 Å². The number of nitro groups is 1. The van der Waals surface area contributed by atoms with E-state index in [1.165, 1.54) is 31.4 Å². The molecule has 0 saturated carbocycles. The summed E-state index contributed by atoms with van der Waals surface area (Å²) in [5.74, 6) is -0.638. The highest BCUT2D eigenvalue weighted by atomic mass is 35.5. The van der Waals surface area contributed by atoms with Crippen LogP contribution in [0.3, 0.4) is 0 Å². The molecule has 150 valence electrons. The second kappa shape index (κ2) is 9.60. The molecule has 0 saturated heterocycles. The highest BCUT2D eigenvalue weighted by Crippen LogP contribution is 2.23. The molecule has 0 unspecified atom stereocenters. The molecule has 11 heteroatoms. The summed E-state index contributed by atoms with van der Waals surface area (Å²) in [6.07, 6.45) is 0. The van der Waals surface area contributed by atoms with Gasteiger partial charge in [-0.05, 0) is 29.8 Å². The van der Waals surface area contributed by atoms with Crippen LogP contribution in [0.1, 0.15) is 15.9 Å². The van der Waals surface area contributed by atoms with E-state index in [0.717, 1.165) is 6.07 Å². The van der Waals surface area contributed by atoms with Crippen LogP contribution in [0, 0.1) is 10.1 Å². The van der Waals surface area contributed by atoms with Crippen LogP contribution in [-0.4, -0.2) is 39.5 Å². The number of ether oxygens (including phenoxy) is 1. The zero-order valence-electron chi connectivity index (χ0n) is 14.8. The Hall–Kier alpha value is -2.53. The van der Waals surface area contributed by atoms with Gasteiger partial charge in [0.25, 0.3) is 11.6 Å². The molecule has 2 aromatic rings. The molecule has 2 N–H and O–H groups in total. The molecule has 0 bridgehead atoms. The fourth-order valence-electron chi connectivity index (χ4n) is 2.27. The van der Waals surface area contributed by atoms with Gasteiger partial charge in [-0.25, -0.2) is 13.1 Å². The fourth-order valence-corrected chi connectivity index (χ4v) is 3.45. The minimum Gasteiger partial charge on any atom is -0.383 e. The van der Waals surface area contributed by atoms with E-state index in [2.05, 4.69) is 10.0 Å². The standard InChI is InChI=1S/C17H18ClN3O6S/c1-27-9-8-20-28(25,26)14-5-2-12(3-6-14)11-19-17(22)15-7-4-13(18)10-16(15)21(23)24/h2-7,10,20H,8-9,11H2,1H3,(H,19,22). The monoisotopic (exact) mass is 427 g/mol. The van der Waals surface area contributed by atoms with Crippen LogP contribution in [-0.2, 0) is 21.3 Å². The van der Waals surface area contributed by atoms with Gasteiger partial charge in [0.1, 0.15) is 5.56 Å². The molecule has 0 heterocycles. The van der Waals surface area contributed by atoms with Gasteiger partial charge >= 0.3 is 0 Å². The molecule has 0 radical (unpaired) electrons. The summed E-state index contributed by atoms with van der Waals surface area (Å²) in [6, 6.07) is 9.66. The van der Waals surface area contributed by atoms with Gasteiger partial charge in [0, 0.05) is 31.3 Å². The van der Waals surface area contributed by atoms with Gasteiger partial charge < -0.3 is 10.1 Å². The first-order valence-corrected chi connectivity index (χ1v) is 9.90. The number of halogens is 1. The number of nitrogens with one attached hydrogen (secondary N) is 2. The number of carbonyl (C=O) groups excluding carboxylic acids is 1. The van der Waals surface area contributed by atoms with E-state index < -0.39 is 26.5 Å². The van der Waals surface area contributed by atoms with Gasteiger partial charge in [0.15, 0.2) is 0 Å². The second-order valence-electron chi connectivity index (χ2n) is 5.64. The average Bonchev–Trinajstić information content (AvgIpc) is 2.66. The van der Waals surface area contributed by atoms with Crippen molar-refractivity contribution in [3.8, 4) is 0 Å². The molecule has 9 nitrogen and oxygen atoms in total. The van der Waals surface area contributed by atoms with E-state index in [0.29, 0.717) is 5.56 Å². The molecule has 28 heavy (non-hydrogen) atoms. The van der Waals surface area contributed by atoms with Crippen LogP contribution >= 0.6 is 11.6 Å². The van der Waals surface area contributed by atoms with E-state index in [-0.39, 0.29) is 35.2 Å². The Labute approximate surface area is 166 Å². The third-order valence-corrected chi connectivity index (χ3v) is 5.40. The predicted molar refractivity (Wildman–Crippen MR) is 103 cm³/mol. The van der Waals surface area contributed by atoms with Crippen molar-refractivity contribution in [1.82, 2.24) is 10.0 Å². The molecule has 2 aromatic carbocycles. The maximum absolute atomic E-state index is 12.3. The maximum atomic E-state index is 12.3. The van der Waals surface area contributed by atoms with Gasteiger partial charge in [0.05, 0.1) is 16.4 Å². The lowest BCUT2D eigenvalue weighted by molar-refractivity contribution is -0.385. The summed E-state index contributed by atoms with van der Waals surface area (Å²) >= 11 is 5.73. The van der Waals surface area contributed by atoms with Crippen molar-refractivity contribution in [2.24, 2.45) is 0 Å². The van der Waals surface area contributed by atoms with Gasteiger partial charge in [-0.15, -0.1) is 0 Å². The van der Waals surface area contributed by atoms with Gasteiger partial charge in [-0.3, -0.25) is 14.9 Å². The average molecular weight is 428 g/mol. The zero-order valence-corrected chi connectivity index (χ0v) is 16.4. The SMILES string of the molecule is COCCNS(=O)(=O)c1ccc(CNC(=O)c2ccc(Cl)cc2[N+](=O)[O-])cc1. The van der Waals surface area contributed by atoms with Crippen molar-refractivity contribution >= 4 is 33.2 Å². The van der Waals surface area contributed by atoms with E-state index >= 15 is 0 Å². The number of hydrogen-bond donors (Lipinski definition) is 2. The number of sulfonamides is 1. The number of hydrogen-bond acceptors (Lipinski definition) is 6. The summed E-state index contributed by atoms with van der Waals surface area (Å²) < 4.78 is 31.4. The second-order valence-corrected chi connectivity index (χ2v) is 7.84. The number of carbonyl (C=O) groups is 1. The first kappa shape index (κ1) is 21.8. The minimum absolute atomic E-state index is 0.0655. The molecule has 0 spiro atoms. The third kappa shape index (κ3) is 5.73. The molecular formula is C17H18ClN3O6S. The number of nitro benzene ring substituents is 1. The Morgan fingerprint density at radius 3 is 2.50 bits per heavy atom. The fraction of sp³-hybridized carbons (Fsp3) is 0.235. The van der Waals surface area contributed by atoms with Gasteiger partial charge in [0.2, 0.25) is 10.0 Å². The lowest BCUT2D eigenvalue weighted by Crippen LogP contribution is -2.27. The Bertz CT molecular complexity index is 963. The van der Waals surface area contributed by atoms with Crippen LogP contribution in [0.5, 0.6) is 0 Å². The predicted octanol–water partition coefficient (Wildman–Crippen LogP) is 2.10. The van der Waals surface area contributed by atoms with Crippen LogP contribution < -0.4 is 10.0 Å². The molecule has 0 aliphatic carbocycles. The van der Waals surface area contributed by atoms with Gasteiger partial charge in [-0.2, -0.15) is 0 Å². The van der Waals surface area contributed by atoms with E-state index in [1.54, 1.807) is 12.1 Å². The zero-order chi connectivity index (χ0) is 20.7. The lowest BCUT2D eigenvalue weighted by Gasteiger charge is -2.09. The summed E-state index contributed by atoms with van der Waals surface area (Å²) in [6.45, 7) is 0.465. The van der Waals surface area contributed by atoms with E-state index in [4.69, 9.17) is 16.3 Å². The van der Waals surface area contributed by atoms with Crippen molar-refractivity contribution in [1.29, 1.82) is 0 Å². The summed E-state index contributed by atoms with van der Waals surface area (Å²) in [5, 5.41) is 13.8. The normalized spacial score (nSPS) is 11.2. The number of amides is 1. The van der Waals surface area contributed by atoms with E-state index in [9.17, 15) is 23.3 Å². The molecule has 1 amide bonds. The summed E-state index contributed by atoms with van der Waals surface area (Å²) in [4.78, 5) is 22.7. The Balaban J connectivity index is 2.04. The Kier molecular flexibility index (Phi) is 7.46. The quantitative estimate of drug-likeness (QED) is 0.358. The highest BCUT2D eigenvalue weighted by molar-refractivity contribution is 7.89. The van der Waals surface area contributed by atoms with Crippen molar-refractivity contribution in [3.63, 3.8) is 0 Å². The summed E-state index contributed by atoms with van der Waals surface area (Å²) in [5.41, 5.74) is 0.116. The van der Waals surface area contributed by atoms with Crippen molar-refractivity contribution < 1.29 is 22.9 Å². The largest absolute Gasteiger partial charge is 0.383 e. The van der Waals surface area contributed by atoms with Gasteiger partial charge in [-0.1, -0.05) is 23.7 Å². The third-order valence-electron chi connectivity index (χ3n) is 3.69. The van der Waals surface area contributed by atoms with Crippen LogP contribution in [0.25, 0.3) is 0 Å². The number of benzene rings is 2. The number of methoxy groups -OCH3 is 1. The first-order chi connectivity index (χ1) is 13.2. The minimum atomic E-state index is -3.65. The smallest absolute Gasteiger partial charge is 0.283 e. The number of rotatable bonds is 9. The van der Waals surface area contributed by atoms with Crippen LogP contribution in [0.15, 0.2) is 47.4 Å². The lowest BCUT2D eigenvalue weighted by atomic mass is 10.1. The molecular weight excluding hydrogens is 410 g/mol. The highest BCUT2D eigenvalue weighted by Gasteiger charge is 2.20. The molecule has 0 aliphatic rings. The maximum Gasteiger partial charge on any atom is 0.283 e. The Morgan fingerprint density at radius 1 is 1.21 bits per heavy atom. The molecule has 0 aliphatic heterocycles. The molecule has 0 fully saturated rings. The molecule has 0 atom stereocenters. The summed E-state index contributed by atoms with van der Waals surface area (Å²) in [7, 11) is -2.18. The molecule has 0 aromatic heterocycles. The van der Waals surface area contributed by atoms with Crippen molar-refractivity contribution in [2.75, 3.05) is 20.3 Å². The van der Waals surface area contributed by atoms with Crippen LogP contribution in [0.4, 0.5) is 5.69 Å². The molecule has 2 rings (SSSR count). The van der Waals surface area contributed by atoms with Crippen molar-refractivity contribution in [2.45, 2.75) is 11.4 Å². The van der Waals surface area contributed by atoms with Crippen molar-refractivity contribution in [3.05, 3.63) is 68.7 Å². The Morgan fingerprint density at radius 2 is 1.89 bits per heavy atom. The first-order valence-electron chi connectivity index (χ1n) is 8.04. The number of nitrogens with zero attached hydrogens (tertiary/aromatic N) is 1. The topological polar surface area (TPSA) is 128 Å². The van der Waals surface area contributed by atoms with Crippen LogP contribution in [0.2, 0.25) is 5.02 Å².